The van der Waals surface area contributed by atoms with Gasteiger partial charge in [-0.15, -0.1) is 0 Å². The van der Waals surface area contributed by atoms with E-state index in [0.717, 1.165) is 0 Å². The van der Waals surface area contributed by atoms with Gasteiger partial charge in [0.25, 0.3) is 5.91 Å². The average Bonchev–Trinajstić information content (AvgIpc) is 2.46. The van der Waals surface area contributed by atoms with E-state index < -0.39 is 0 Å². The zero-order valence-electron chi connectivity index (χ0n) is 10.9. The van der Waals surface area contributed by atoms with Crippen molar-refractivity contribution in [2.24, 2.45) is 5.73 Å². The van der Waals surface area contributed by atoms with Crippen molar-refractivity contribution in [2.75, 3.05) is 11.9 Å². The summed E-state index contributed by atoms with van der Waals surface area (Å²) in [5.41, 5.74) is 6.28. The van der Waals surface area contributed by atoms with Crippen molar-refractivity contribution in [1.29, 1.82) is 0 Å². The molecular weight excluding hydrogens is 354 g/mol. The maximum Gasteiger partial charge on any atom is 0.275 e. The number of carbonyl (C=O) groups is 1. The van der Waals surface area contributed by atoms with Gasteiger partial charge in [-0.3, -0.25) is 4.79 Å². The van der Waals surface area contributed by atoms with Gasteiger partial charge in [-0.2, -0.15) is 0 Å². The first-order chi connectivity index (χ1) is 10.1. The average molecular weight is 366 g/mol. The highest BCUT2D eigenvalue weighted by Gasteiger charge is 2.11. The minimum Gasteiger partial charge on any atom is -0.486 e. The third kappa shape index (κ3) is 4.51. The molecule has 2 aromatic rings. The summed E-state index contributed by atoms with van der Waals surface area (Å²) in [7, 11) is 0. The summed E-state index contributed by atoms with van der Waals surface area (Å²) in [5, 5.41) is 2.75. The molecule has 1 amide bonds. The topological polar surface area (TPSA) is 77.2 Å². The van der Waals surface area contributed by atoms with Gasteiger partial charge >= 0.3 is 0 Å². The molecule has 1 aromatic heterocycles. The van der Waals surface area contributed by atoms with Crippen LogP contribution in [0.15, 0.2) is 47.1 Å². The fourth-order valence-corrected chi connectivity index (χ4v) is 2.06. The van der Waals surface area contributed by atoms with E-state index >= 15 is 0 Å². The predicted octanol–water partition coefficient (Wildman–Crippen LogP) is 2.76. The number of aromatic nitrogens is 1. The monoisotopic (exact) mass is 365 g/mol. The van der Waals surface area contributed by atoms with Gasteiger partial charge in [0.1, 0.15) is 23.0 Å². The van der Waals surface area contributed by atoms with Gasteiger partial charge in [0.15, 0.2) is 0 Å². The second-order valence-corrected chi connectivity index (χ2v) is 5.45. The fraction of sp³-hybridized carbons (Fsp3) is 0.0714. The smallest absolute Gasteiger partial charge is 0.275 e. The van der Waals surface area contributed by atoms with Crippen LogP contribution in [0, 0.1) is 0 Å². The second kappa shape index (κ2) is 7.14. The lowest BCUT2D eigenvalue weighted by atomic mass is 10.2. The lowest BCUT2D eigenvalue weighted by Gasteiger charge is -2.09. The molecule has 0 saturated carbocycles. The number of rotatable bonds is 5. The van der Waals surface area contributed by atoms with Crippen molar-refractivity contribution < 1.29 is 9.53 Å². The molecule has 0 saturated heterocycles. The Morgan fingerprint density at radius 2 is 2.19 bits per heavy atom. The molecule has 0 aliphatic heterocycles. The highest BCUT2D eigenvalue weighted by atomic mass is 79.9. The number of hydrogen-bond acceptors (Lipinski definition) is 4. The summed E-state index contributed by atoms with van der Waals surface area (Å²) in [4.78, 5) is 16.4. The molecule has 0 aliphatic rings. The Morgan fingerprint density at radius 3 is 2.90 bits per heavy atom. The molecule has 5 nitrogen and oxygen atoms in total. The Bertz CT molecular complexity index is 679. The van der Waals surface area contributed by atoms with Crippen molar-refractivity contribution in [1.82, 2.24) is 4.98 Å². The first-order valence-corrected chi connectivity index (χ1v) is 7.19. The van der Waals surface area contributed by atoms with Gasteiger partial charge in [-0.05, 0) is 40.2 Å². The Hall–Kier alpha value is -1.99. The van der Waals surface area contributed by atoms with E-state index in [4.69, 9.17) is 22.7 Å². The van der Waals surface area contributed by atoms with Crippen LogP contribution in [-0.4, -0.2) is 22.5 Å². The van der Waals surface area contributed by atoms with Crippen LogP contribution in [0.2, 0.25) is 0 Å². The van der Waals surface area contributed by atoms with Crippen LogP contribution in [-0.2, 0) is 0 Å². The standard InChI is InChI=1S/C14H12BrN3O2S/c15-11-5-2-6-17-13(11)14(19)18-9-3-1-4-10(7-9)20-8-12(16)21/h1-7H,8H2,(H2,16,21)(H,18,19). The molecule has 0 radical (unpaired) electrons. The molecule has 21 heavy (non-hydrogen) atoms. The first kappa shape index (κ1) is 15.4. The SMILES string of the molecule is NC(=S)COc1cccc(NC(=O)c2ncccc2Br)c1. The number of amides is 1. The number of ether oxygens (including phenoxy) is 1. The minimum atomic E-state index is -0.311. The quantitative estimate of drug-likeness (QED) is 0.796. The maximum atomic E-state index is 12.1. The number of thiocarbonyl (C=S) groups is 1. The summed E-state index contributed by atoms with van der Waals surface area (Å²) in [6, 6.07) is 10.5. The zero-order chi connectivity index (χ0) is 15.2. The van der Waals surface area contributed by atoms with Gasteiger partial charge in [-0.25, -0.2) is 4.98 Å². The molecule has 108 valence electrons. The van der Waals surface area contributed by atoms with Crippen molar-refractivity contribution in [3.63, 3.8) is 0 Å². The summed E-state index contributed by atoms with van der Waals surface area (Å²) in [5.74, 6) is 0.259. The molecule has 0 unspecified atom stereocenters. The van der Waals surface area contributed by atoms with Gasteiger partial charge in [0.05, 0.1) is 0 Å². The van der Waals surface area contributed by atoms with Crippen molar-refractivity contribution >= 4 is 44.7 Å². The largest absolute Gasteiger partial charge is 0.486 e. The van der Waals surface area contributed by atoms with E-state index in [9.17, 15) is 4.79 Å². The fourth-order valence-electron chi connectivity index (χ4n) is 1.56. The molecule has 0 spiro atoms. The van der Waals surface area contributed by atoms with Gasteiger partial charge in [0.2, 0.25) is 0 Å². The minimum absolute atomic E-state index is 0.151. The molecule has 0 atom stereocenters. The van der Waals surface area contributed by atoms with Gasteiger partial charge < -0.3 is 15.8 Å². The number of pyridine rings is 1. The van der Waals surface area contributed by atoms with Crippen LogP contribution < -0.4 is 15.8 Å². The molecule has 1 heterocycles. The molecule has 7 heteroatoms. The summed E-state index contributed by atoms with van der Waals surface area (Å²) in [6.45, 7) is 0.151. The molecule has 0 aliphatic carbocycles. The van der Waals surface area contributed by atoms with Crippen molar-refractivity contribution in [3.8, 4) is 5.75 Å². The molecule has 3 N–H and O–H groups in total. The number of nitrogens with zero attached hydrogens (tertiary/aromatic N) is 1. The lowest BCUT2D eigenvalue weighted by molar-refractivity contribution is 0.102. The van der Waals surface area contributed by atoms with Crippen molar-refractivity contribution in [3.05, 3.63) is 52.8 Å². The van der Waals surface area contributed by atoms with Crippen LogP contribution in [0.25, 0.3) is 0 Å². The number of hydrogen-bond donors (Lipinski definition) is 2. The lowest BCUT2D eigenvalue weighted by Crippen LogP contribution is -2.18. The highest BCUT2D eigenvalue weighted by Crippen LogP contribution is 2.19. The van der Waals surface area contributed by atoms with Crippen LogP contribution >= 0.6 is 28.1 Å². The van der Waals surface area contributed by atoms with Crippen molar-refractivity contribution in [2.45, 2.75) is 0 Å². The Morgan fingerprint density at radius 1 is 1.38 bits per heavy atom. The number of carbonyl (C=O) groups excluding carboxylic acids is 1. The molecule has 2 rings (SSSR count). The number of anilines is 1. The number of nitrogens with two attached hydrogens (primary N) is 1. The van der Waals surface area contributed by atoms with E-state index in [1.165, 1.54) is 0 Å². The number of nitrogens with one attached hydrogen (secondary N) is 1. The van der Waals surface area contributed by atoms with E-state index in [0.29, 0.717) is 21.6 Å². The summed E-state index contributed by atoms with van der Waals surface area (Å²) >= 11 is 8.03. The zero-order valence-corrected chi connectivity index (χ0v) is 13.3. The third-order valence-electron chi connectivity index (χ3n) is 2.45. The Kier molecular flexibility index (Phi) is 5.24. The third-order valence-corrected chi connectivity index (χ3v) is 3.20. The van der Waals surface area contributed by atoms with E-state index in [1.54, 1.807) is 42.6 Å². The van der Waals surface area contributed by atoms with E-state index in [-0.39, 0.29) is 17.5 Å². The summed E-state index contributed by atoms with van der Waals surface area (Å²) < 4.78 is 6.00. The van der Waals surface area contributed by atoms with Crippen LogP contribution in [0.4, 0.5) is 5.69 Å². The van der Waals surface area contributed by atoms with Crippen LogP contribution in [0.1, 0.15) is 10.5 Å². The molecule has 0 fully saturated rings. The highest BCUT2D eigenvalue weighted by molar-refractivity contribution is 9.10. The van der Waals surface area contributed by atoms with E-state index in [2.05, 4.69) is 26.2 Å². The van der Waals surface area contributed by atoms with Gasteiger partial charge in [-0.1, -0.05) is 18.3 Å². The molecular formula is C14H12BrN3O2S. The van der Waals surface area contributed by atoms with Crippen LogP contribution in [0.5, 0.6) is 5.75 Å². The first-order valence-electron chi connectivity index (χ1n) is 5.99. The Balaban J connectivity index is 2.09. The van der Waals surface area contributed by atoms with Crippen LogP contribution in [0.3, 0.4) is 0 Å². The second-order valence-electron chi connectivity index (χ2n) is 4.07. The number of halogens is 1. The molecule has 1 aromatic carbocycles. The normalized spacial score (nSPS) is 9.95. The Labute approximate surface area is 135 Å². The van der Waals surface area contributed by atoms with Gasteiger partial charge in [0, 0.05) is 22.4 Å². The predicted molar refractivity (Wildman–Crippen MR) is 88.6 cm³/mol. The summed E-state index contributed by atoms with van der Waals surface area (Å²) in [6.07, 6.45) is 1.56. The molecule has 0 bridgehead atoms. The number of benzene rings is 1. The maximum absolute atomic E-state index is 12.1. The van der Waals surface area contributed by atoms with E-state index in [1.807, 2.05) is 0 Å².